The molecule has 0 aliphatic carbocycles. The molecule has 0 bridgehead atoms. The maximum atomic E-state index is 9.32. The fourth-order valence-corrected chi connectivity index (χ4v) is 1.30. The third kappa shape index (κ3) is 1.82. The van der Waals surface area contributed by atoms with Gasteiger partial charge in [0.25, 0.3) is 0 Å². The number of aliphatic hydroxyl groups excluding tert-OH is 1. The van der Waals surface area contributed by atoms with Crippen molar-refractivity contribution < 1.29 is 5.11 Å². The minimum absolute atomic E-state index is 0.310. The number of hydrogen-bond acceptors (Lipinski definition) is 1. The number of piperidine rings is 1. The Balaban J connectivity index is 2.30. The molecule has 1 radical (unpaired) electrons. The van der Waals surface area contributed by atoms with Crippen LogP contribution in [0.3, 0.4) is 0 Å². The third-order valence-corrected chi connectivity index (χ3v) is 2.04. The zero-order chi connectivity index (χ0) is 7.40. The second-order valence-corrected chi connectivity index (χ2v) is 2.73. The monoisotopic (exact) mass is 140 g/mol. The number of aliphatic hydroxyl groups is 1. The van der Waals surface area contributed by atoms with Crippen LogP contribution in [-0.4, -0.2) is 24.3 Å². The van der Waals surface area contributed by atoms with Gasteiger partial charge in [-0.3, -0.25) is 0 Å². The molecule has 10 heavy (non-hydrogen) atoms. The van der Waals surface area contributed by atoms with Gasteiger partial charge >= 0.3 is 0 Å². The van der Waals surface area contributed by atoms with Crippen LogP contribution in [0, 0.1) is 5.92 Å². The lowest BCUT2D eigenvalue weighted by Crippen LogP contribution is -2.29. The molecule has 1 aliphatic rings. The lowest BCUT2D eigenvalue weighted by atomic mass is 9.92. The van der Waals surface area contributed by atoms with E-state index < -0.39 is 0 Å². The van der Waals surface area contributed by atoms with Gasteiger partial charge in [-0.25, -0.2) is 5.32 Å². The van der Waals surface area contributed by atoms with E-state index in [1.54, 1.807) is 6.08 Å². The molecule has 0 spiro atoms. The van der Waals surface area contributed by atoms with E-state index in [0.29, 0.717) is 5.92 Å². The Morgan fingerprint density at radius 3 is 2.60 bits per heavy atom. The van der Waals surface area contributed by atoms with Crippen LogP contribution in [-0.2, 0) is 0 Å². The second-order valence-electron chi connectivity index (χ2n) is 2.73. The van der Waals surface area contributed by atoms with Gasteiger partial charge < -0.3 is 5.11 Å². The van der Waals surface area contributed by atoms with Crippen molar-refractivity contribution in [3.05, 3.63) is 12.7 Å². The van der Waals surface area contributed by atoms with E-state index in [2.05, 4.69) is 11.9 Å². The fourth-order valence-electron chi connectivity index (χ4n) is 1.30. The molecule has 0 amide bonds. The summed E-state index contributed by atoms with van der Waals surface area (Å²) in [6.45, 7) is 5.38. The van der Waals surface area contributed by atoms with E-state index in [1.807, 2.05) is 0 Å². The highest BCUT2D eigenvalue weighted by atomic mass is 16.3. The smallest absolute Gasteiger partial charge is 0.0747 e. The van der Waals surface area contributed by atoms with Crippen molar-refractivity contribution >= 4 is 0 Å². The first-order valence-corrected chi connectivity index (χ1v) is 3.78. The van der Waals surface area contributed by atoms with Crippen LogP contribution in [0.2, 0.25) is 0 Å². The first kappa shape index (κ1) is 7.76. The van der Waals surface area contributed by atoms with Gasteiger partial charge in [0.2, 0.25) is 0 Å². The average molecular weight is 140 g/mol. The maximum absolute atomic E-state index is 9.32. The van der Waals surface area contributed by atoms with E-state index >= 15 is 0 Å². The molecule has 2 nitrogen and oxygen atoms in total. The predicted octanol–water partition coefficient (Wildman–Crippen LogP) is 0.548. The molecule has 1 rings (SSSR count). The summed E-state index contributed by atoms with van der Waals surface area (Å²) in [4.78, 5) is 0. The van der Waals surface area contributed by atoms with Gasteiger partial charge in [0.1, 0.15) is 0 Å². The highest BCUT2D eigenvalue weighted by molar-refractivity contribution is 4.86. The molecule has 1 N–H and O–H groups in total. The van der Waals surface area contributed by atoms with Crippen LogP contribution < -0.4 is 5.32 Å². The van der Waals surface area contributed by atoms with Gasteiger partial charge in [0.15, 0.2) is 0 Å². The number of nitrogens with zero attached hydrogens (tertiary/aromatic N) is 1. The molecule has 1 aliphatic heterocycles. The van der Waals surface area contributed by atoms with Crippen molar-refractivity contribution in [1.29, 1.82) is 0 Å². The minimum Gasteiger partial charge on any atom is -0.389 e. The molecule has 57 valence electrons. The van der Waals surface area contributed by atoms with Crippen LogP contribution >= 0.6 is 0 Å². The Hall–Kier alpha value is -0.340. The van der Waals surface area contributed by atoms with E-state index in [-0.39, 0.29) is 6.10 Å². The van der Waals surface area contributed by atoms with Crippen molar-refractivity contribution in [2.75, 3.05) is 13.1 Å². The van der Waals surface area contributed by atoms with E-state index in [4.69, 9.17) is 0 Å². The molecule has 0 saturated carbocycles. The van der Waals surface area contributed by atoms with Crippen molar-refractivity contribution in [1.82, 2.24) is 5.32 Å². The lowest BCUT2D eigenvalue weighted by Gasteiger charge is -2.23. The summed E-state index contributed by atoms with van der Waals surface area (Å²) in [5, 5.41) is 13.5. The Bertz CT molecular complexity index is 108. The van der Waals surface area contributed by atoms with Crippen molar-refractivity contribution in [2.24, 2.45) is 5.92 Å². The van der Waals surface area contributed by atoms with Gasteiger partial charge in [-0.1, -0.05) is 6.08 Å². The summed E-state index contributed by atoms with van der Waals surface area (Å²) in [6.07, 6.45) is 3.35. The second kappa shape index (κ2) is 3.74. The minimum atomic E-state index is -0.310. The molecule has 1 unspecified atom stereocenters. The Morgan fingerprint density at radius 2 is 2.10 bits per heavy atom. The molecular formula is C8H14NO. The van der Waals surface area contributed by atoms with Crippen LogP contribution in [0.25, 0.3) is 0 Å². The largest absolute Gasteiger partial charge is 0.389 e. The third-order valence-electron chi connectivity index (χ3n) is 2.04. The van der Waals surface area contributed by atoms with Gasteiger partial charge in [-0.2, -0.15) is 0 Å². The van der Waals surface area contributed by atoms with Crippen LogP contribution in [0.5, 0.6) is 0 Å². The number of rotatable bonds is 2. The molecule has 2 heteroatoms. The summed E-state index contributed by atoms with van der Waals surface area (Å²) >= 11 is 0. The highest BCUT2D eigenvalue weighted by Crippen LogP contribution is 2.16. The SMILES string of the molecule is C=CC(O)C1CC[N]CC1. The molecular weight excluding hydrogens is 126 g/mol. The van der Waals surface area contributed by atoms with E-state index in [9.17, 15) is 5.11 Å². The molecule has 1 atom stereocenters. The average Bonchev–Trinajstić information content (AvgIpc) is 2.05. The topological polar surface area (TPSA) is 34.3 Å². The van der Waals surface area contributed by atoms with Crippen LogP contribution in [0.4, 0.5) is 0 Å². The summed E-state index contributed by atoms with van der Waals surface area (Å²) < 4.78 is 0. The zero-order valence-corrected chi connectivity index (χ0v) is 6.16. The Kier molecular flexibility index (Phi) is 2.90. The molecule has 0 aromatic rings. The Labute approximate surface area is 61.9 Å². The predicted molar refractivity (Wildman–Crippen MR) is 40.8 cm³/mol. The molecule has 1 heterocycles. The summed E-state index contributed by atoms with van der Waals surface area (Å²) in [6, 6.07) is 0. The van der Waals surface area contributed by atoms with Crippen LogP contribution in [0.1, 0.15) is 12.8 Å². The molecule has 0 aromatic carbocycles. The Morgan fingerprint density at radius 1 is 1.50 bits per heavy atom. The van der Waals surface area contributed by atoms with Crippen molar-refractivity contribution in [3.63, 3.8) is 0 Å². The van der Waals surface area contributed by atoms with Crippen molar-refractivity contribution in [2.45, 2.75) is 18.9 Å². The number of hydrogen-bond donors (Lipinski definition) is 1. The molecule has 1 saturated heterocycles. The van der Waals surface area contributed by atoms with Gasteiger partial charge in [-0.15, -0.1) is 6.58 Å². The summed E-state index contributed by atoms with van der Waals surface area (Å²) in [5.41, 5.74) is 0. The standard InChI is InChI=1S/C8H14NO/c1-2-8(10)7-3-5-9-6-4-7/h2,7-8,10H,1,3-6H2. The van der Waals surface area contributed by atoms with E-state index in [0.717, 1.165) is 25.9 Å². The van der Waals surface area contributed by atoms with E-state index in [1.165, 1.54) is 0 Å². The summed E-state index contributed by atoms with van der Waals surface area (Å²) in [5.74, 6) is 0.412. The first-order valence-electron chi connectivity index (χ1n) is 3.78. The maximum Gasteiger partial charge on any atom is 0.0747 e. The van der Waals surface area contributed by atoms with Crippen LogP contribution in [0.15, 0.2) is 12.7 Å². The van der Waals surface area contributed by atoms with Gasteiger partial charge in [0.05, 0.1) is 6.10 Å². The van der Waals surface area contributed by atoms with Crippen molar-refractivity contribution in [3.8, 4) is 0 Å². The zero-order valence-electron chi connectivity index (χ0n) is 6.16. The van der Waals surface area contributed by atoms with Gasteiger partial charge in [0, 0.05) is 13.1 Å². The van der Waals surface area contributed by atoms with Gasteiger partial charge in [-0.05, 0) is 18.8 Å². The summed E-state index contributed by atoms with van der Waals surface area (Å²) in [7, 11) is 0. The lowest BCUT2D eigenvalue weighted by molar-refractivity contribution is 0.129. The highest BCUT2D eigenvalue weighted by Gasteiger charge is 2.18. The molecule has 1 fully saturated rings. The quantitative estimate of drug-likeness (QED) is 0.558. The normalized spacial score (nSPS) is 24.1. The first-order chi connectivity index (χ1) is 4.84. The molecule has 0 aromatic heterocycles. The fraction of sp³-hybridized carbons (Fsp3) is 0.750.